The van der Waals surface area contributed by atoms with E-state index in [2.05, 4.69) is 20.0 Å². The SMILES string of the molecule is COc1cc(NS(=O)(=O)c2ccc(NC(=O)C(C)Oc3cccc(C)c3)cc2)nc(OC)n1. The number of amides is 1. The Hall–Kier alpha value is -3.86. The summed E-state index contributed by atoms with van der Waals surface area (Å²) in [4.78, 5) is 20.3. The average molecular weight is 473 g/mol. The van der Waals surface area contributed by atoms with E-state index in [1.807, 2.05) is 25.1 Å². The van der Waals surface area contributed by atoms with Crippen LogP contribution in [0.3, 0.4) is 0 Å². The van der Waals surface area contributed by atoms with Crippen molar-refractivity contribution in [1.82, 2.24) is 9.97 Å². The van der Waals surface area contributed by atoms with E-state index in [1.165, 1.54) is 44.6 Å². The fourth-order valence-corrected chi connectivity index (χ4v) is 3.75. The molecule has 0 saturated carbocycles. The van der Waals surface area contributed by atoms with Gasteiger partial charge in [0.1, 0.15) is 5.75 Å². The van der Waals surface area contributed by atoms with Gasteiger partial charge in [-0.3, -0.25) is 9.52 Å². The molecule has 3 aromatic rings. The zero-order chi connectivity index (χ0) is 24.0. The van der Waals surface area contributed by atoms with Crippen LogP contribution in [0.5, 0.6) is 17.6 Å². The van der Waals surface area contributed by atoms with Gasteiger partial charge < -0.3 is 19.5 Å². The van der Waals surface area contributed by atoms with Gasteiger partial charge in [-0.05, 0) is 55.8 Å². The predicted molar refractivity (Wildman–Crippen MR) is 122 cm³/mol. The van der Waals surface area contributed by atoms with Crippen molar-refractivity contribution in [2.45, 2.75) is 24.8 Å². The zero-order valence-electron chi connectivity index (χ0n) is 18.5. The molecule has 0 aliphatic heterocycles. The van der Waals surface area contributed by atoms with Gasteiger partial charge in [-0.2, -0.15) is 9.97 Å². The first-order valence-electron chi connectivity index (χ1n) is 9.84. The summed E-state index contributed by atoms with van der Waals surface area (Å²) in [5.41, 5.74) is 1.44. The number of aryl methyl sites for hydroxylation is 1. The smallest absolute Gasteiger partial charge is 0.321 e. The molecule has 0 fully saturated rings. The Balaban J connectivity index is 1.67. The van der Waals surface area contributed by atoms with Gasteiger partial charge in [0.15, 0.2) is 11.9 Å². The van der Waals surface area contributed by atoms with Gasteiger partial charge in [0, 0.05) is 11.8 Å². The lowest BCUT2D eigenvalue weighted by molar-refractivity contribution is -0.122. The number of nitrogens with one attached hydrogen (secondary N) is 2. The van der Waals surface area contributed by atoms with Gasteiger partial charge in [0.05, 0.1) is 19.1 Å². The minimum atomic E-state index is -3.96. The number of hydrogen-bond donors (Lipinski definition) is 2. The average Bonchev–Trinajstić information content (AvgIpc) is 2.78. The summed E-state index contributed by atoms with van der Waals surface area (Å²) in [6.07, 6.45) is -0.750. The number of nitrogens with zero attached hydrogens (tertiary/aromatic N) is 2. The fraction of sp³-hybridized carbons (Fsp3) is 0.227. The predicted octanol–water partition coefficient (Wildman–Crippen LogP) is 3.01. The highest BCUT2D eigenvalue weighted by Gasteiger charge is 2.18. The quantitative estimate of drug-likeness (QED) is 0.486. The van der Waals surface area contributed by atoms with Crippen molar-refractivity contribution >= 4 is 27.4 Å². The van der Waals surface area contributed by atoms with Crippen LogP contribution in [0.4, 0.5) is 11.5 Å². The Labute approximate surface area is 192 Å². The minimum absolute atomic E-state index is 0.0156. The molecule has 1 atom stereocenters. The summed E-state index contributed by atoms with van der Waals surface area (Å²) in [5.74, 6) is 0.339. The lowest BCUT2D eigenvalue weighted by atomic mass is 10.2. The van der Waals surface area contributed by atoms with Crippen molar-refractivity contribution in [1.29, 1.82) is 0 Å². The first-order valence-corrected chi connectivity index (χ1v) is 11.3. The maximum Gasteiger partial charge on any atom is 0.321 e. The van der Waals surface area contributed by atoms with E-state index in [0.717, 1.165) is 5.56 Å². The van der Waals surface area contributed by atoms with E-state index < -0.39 is 16.1 Å². The molecule has 0 aliphatic rings. The number of sulfonamides is 1. The van der Waals surface area contributed by atoms with Gasteiger partial charge in [-0.15, -0.1) is 0 Å². The van der Waals surface area contributed by atoms with Crippen LogP contribution in [0.25, 0.3) is 0 Å². The summed E-state index contributed by atoms with van der Waals surface area (Å²) in [6.45, 7) is 3.56. The molecule has 0 spiro atoms. The number of carbonyl (C=O) groups excluding carboxylic acids is 1. The van der Waals surface area contributed by atoms with E-state index in [0.29, 0.717) is 11.4 Å². The number of methoxy groups -OCH3 is 2. The third-order valence-corrected chi connectivity index (χ3v) is 5.79. The lowest BCUT2D eigenvalue weighted by Gasteiger charge is -2.15. The molecule has 33 heavy (non-hydrogen) atoms. The van der Waals surface area contributed by atoms with Crippen LogP contribution in [-0.2, 0) is 14.8 Å². The first-order chi connectivity index (χ1) is 15.7. The molecule has 1 amide bonds. The molecule has 11 heteroatoms. The number of benzene rings is 2. The molecule has 3 rings (SSSR count). The highest BCUT2D eigenvalue weighted by atomic mass is 32.2. The van der Waals surface area contributed by atoms with Crippen molar-refractivity contribution < 1.29 is 27.4 Å². The third-order valence-electron chi connectivity index (χ3n) is 4.42. The Morgan fingerprint density at radius 2 is 1.73 bits per heavy atom. The van der Waals surface area contributed by atoms with Crippen molar-refractivity contribution in [3.05, 3.63) is 60.2 Å². The Morgan fingerprint density at radius 3 is 2.36 bits per heavy atom. The standard InChI is InChI=1S/C22H24N4O6S/c1-14-6-5-7-17(12-14)32-15(2)21(27)23-16-8-10-18(11-9-16)33(28,29)26-19-13-20(30-3)25-22(24-19)31-4/h5-13,15H,1-4H3,(H,23,27)(H,24,25,26). The Morgan fingerprint density at radius 1 is 1.00 bits per heavy atom. The fourth-order valence-electron chi connectivity index (χ4n) is 2.76. The van der Waals surface area contributed by atoms with Crippen molar-refractivity contribution in [3.8, 4) is 17.6 Å². The van der Waals surface area contributed by atoms with Crippen LogP contribution in [-0.4, -0.2) is 44.6 Å². The van der Waals surface area contributed by atoms with E-state index in [9.17, 15) is 13.2 Å². The number of ether oxygens (including phenoxy) is 3. The van der Waals surface area contributed by atoms with Crippen molar-refractivity contribution in [3.63, 3.8) is 0 Å². The van der Waals surface area contributed by atoms with Crippen LogP contribution in [0.2, 0.25) is 0 Å². The van der Waals surface area contributed by atoms with Gasteiger partial charge in [-0.25, -0.2) is 8.42 Å². The molecule has 1 heterocycles. The monoisotopic (exact) mass is 472 g/mol. The van der Waals surface area contributed by atoms with Crippen molar-refractivity contribution in [2.75, 3.05) is 24.3 Å². The lowest BCUT2D eigenvalue weighted by Crippen LogP contribution is -2.30. The summed E-state index contributed by atoms with van der Waals surface area (Å²) in [6, 6.07) is 14.3. The summed E-state index contributed by atoms with van der Waals surface area (Å²) in [5, 5.41) is 2.70. The van der Waals surface area contributed by atoms with Crippen molar-refractivity contribution in [2.24, 2.45) is 0 Å². The summed E-state index contributed by atoms with van der Waals surface area (Å²) >= 11 is 0. The highest BCUT2D eigenvalue weighted by molar-refractivity contribution is 7.92. The maximum atomic E-state index is 12.7. The van der Waals surface area contributed by atoms with Crippen LogP contribution in [0.15, 0.2) is 59.5 Å². The van der Waals surface area contributed by atoms with Gasteiger partial charge in [-0.1, -0.05) is 12.1 Å². The number of carbonyl (C=O) groups is 1. The molecular weight excluding hydrogens is 448 g/mol. The molecule has 10 nitrogen and oxygen atoms in total. The second kappa shape index (κ2) is 10.2. The van der Waals surface area contributed by atoms with Gasteiger partial charge in [0.25, 0.3) is 15.9 Å². The summed E-state index contributed by atoms with van der Waals surface area (Å²) < 4.78 is 43.4. The number of hydrogen-bond acceptors (Lipinski definition) is 8. The van der Waals surface area contributed by atoms with Gasteiger partial charge >= 0.3 is 6.01 Å². The molecule has 2 aromatic carbocycles. The normalized spacial score (nSPS) is 11.9. The first kappa shape index (κ1) is 23.8. The van der Waals surface area contributed by atoms with Crippen LogP contribution >= 0.6 is 0 Å². The van der Waals surface area contributed by atoms with Crippen LogP contribution in [0.1, 0.15) is 12.5 Å². The van der Waals surface area contributed by atoms with E-state index in [1.54, 1.807) is 13.0 Å². The van der Waals surface area contributed by atoms with Gasteiger partial charge in [0.2, 0.25) is 5.88 Å². The number of rotatable bonds is 9. The van der Waals surface area contributed by atoms with E-state index in [4.69, 9.17) is 14.2 Å². The molecule has 0 saturated heterocycles. The third kappa shape index (κ3) is 6.32. The Kier molecular flexibility index (Phi) is 7.34. The second-order valence-corrected chi connectivity index (χ2v) is 8.66. The zero-order valence-corrected chi connectivity index (χ0v) is 19.3. The molecule has 2 N–H and O–H groups in total. The molecule has 1 unspecified atom stereocenters. The van der Waals surface area contributed by atoms with Crippen LogP contribution in [0, 0.1) is 6.92 Å². The molecule has 174 valence electrons. The molecule has 0 aliphatic carbocycles. The molecular formula is C22H24N4O6S. The topological polar surface area (TPSA) is 129 Å². The minimum Gasteiger partial charge on any atom is -0.481 e. The second-order valence-electron chi connectivity index (χ2n) is 6.98. The van der Waals surface area contributed by atoms with E-state index in [-0.39, 0.29) is 28.5 Å². The maximum absolute atomic E-state index is 12.7. The molecule has 0 bridgehead atoms. The highest BCUT2D eigenvalue weighted by Crippen LogP contribution is 2.22. The molecule has 0 radical (unpaired) electrons. The largest absolute Gasteiger partial charge is 0.481 e. The number of anilines is 2. The number of aromatic nitrogens is 2. The molecule has 1 aromatic heterocycles. The summed E-state index contributed by atoms with van der Waals surface area (Å²) in [7, 11) is -1.22. The van der Waals surface area contributed by atoms with E-state index >= 15 is 0 Å². The van der Waals surface area contributed by atoms with Crippen LogP contribution < -0.4 is 24.2 Å². The Bertz CT molecular complexity index is 1210.